The van der Waals surface area contributed by atoms with Gasteiger partial charge in [0.1, 0.15) is 5.75 Å². The maximum atomic E-state index is 12.6. The van der Waals surface area contributed by atoms with Crippen LogP contribution in [0.15, 0.2) is 29.2 Å². The first-order valence-corrected chi connectivity index (χ1v) is 8.90. The summed E-state index contributed by atoms with van der Waals surface area (Å²) in [5.74, 6) is 0.896. The van der Waals surface area contributed by atoms with E-state index in [1.807, 2.05) is 6.92 Å². The zero-order valence-electron chi connectivity index (χ0n) is 12.5. The molecule has 0 spiro atoms. The van der Waals surface area contributed by atoms with Crippen LogP contribution < -0.4 is 10.1 Å². The van der Waals surface area contributed by atoms with Crippen molar-refractivity contribution in [2.24, 2.45) is 5.92 Å². The van der Waals surface area contributed by atoms with E-state index in [-0.39, 0.29) is 17.7 Å². The van der Waals surface area contributed by atoms with Gasteiger partial charge >= 0.3 is 0 Å². The minimum atomic E-state index is -3.35. The molecule has 0 radical (unpaired) electrons. The van der Waals surface area contributed by atoms with E-state index in [9.17, 15) is 8.42 Å². The molecule has 0 aliphatic carbocycles. The van der Waals surface area contributed by atoms with Crippen molar-refractivity contribution in [2.45, 2.75) is 24.3 Å². The van der Waals surface area contributed by atoms with Crippen LogP contribution in [0.1, 0.15) is 13.3 Å². The highest BCUT2D eigenvalue weighted by atomic mass is 32.2. The van der Waals surface area contributed by atoms with Crippen LogP contribution in [0.2, 0.25) is 0 Å². The third-order valence-electron chi connectivity index (χ3n) is 3.80. The van der Waals surface area contributed by atoms with E-state index in [1.165, 1.54) is 7.11 Å². The summed E-state index contributed by atoms with van der Waals surface area (Å²) < 4.78 is 35.7. The molecule has 0 saturated carbocycles. The van der Waals surface area contributed by atoms with Crippen molar-refractivity contribution in [1.82, 2.24) is 5.32 Å². The Kier molecular flexibility index (Phi) is 5.61. The van der Waals surface area contributed by atoms with Crippen LogP contribution in [0, 0.1) is 5.92 Å². The predicted octanol–water partition coefficient (Wildman–Crippen LogP) is 1.48. The van der Waals surface area contributed by atoms with Crippen molar-refractivity contribution in [3.63, 3.8) is 0 Å². The maximum absolute atomic E-state index is 12.6. The van der Waals surface area contributed by atoms with Gasteiger partial charge in [-0.2, -0.15) is 0 Å². The van der Waals surface area contributed by atoms with Gasteiger partial charge < -0.3 is 14.8 Å². The molecule has 2 rings (SSSR count). The first kappa shape index (κ1) is 16.3. The van der Waals surface area contributed by atoms with E-state index in [0.29, 0.717) is 23.9 Å². The van der Waals surface area contributed by atoms with Crippen LogP contribution in [0.25, 0.3) is 0 Å². The predicted molar refractivity (Wildman–Crippen MR) is 81.4 cm³/mol. The van der Waals surface area contributed by atoms with E-state index in [4.69, 9.17) is 9.47 Å². The van der Waals surface area contributed by atoms with Crippen molar-refractivity contribution in [1.29, 1.82) is 0 Å². The van der Waals surface area contributed by atoms with Gasteiger partial charge in [0.25, 0.3) is 0 Å². The van der Waals surface area contributed by atoms with Gasteiger partial charge in [0, 0.05) is 18.6 Å². The second-order valence-electron chi connectivity index (χ2n) is 5.25. The van der Waals surface area contributed by atoms with E-state index in [1.54, 1.807) is 24.3 Å². The van der Waals surface area contributed by atoms with Gasteiger partial charge in [0.05, 0.1) is 24.4 Å². The van der Waals surface area contributed by atoms with Crippen LogP contribution in [0.5, 0.6) is 5.75 Å². The lowest BCUT2D eigenvalue weighted by molar-refractivity contribution is 0.179. The summed E-state index contributed by atoms with van der Waals surface area (Å²) in [4.78, 5) is 0.309. The fourth-order valence-electron chi connectivity index (χ4n) is 2.62. The average molecular weight is 313 g/mol. The van der Waals surface area contributed by atoms with Crippen molar-refractivity contribution in [3.05, 3.63) is 24.3 Å². The molecule has 2 unspecified atom stereocenters. The lowest BCUT2D eigenvalue weighted by Crippen LogP contribution is -2.42. The average Bonchev–Trinajstić information content (AvgIpc) is 3.01. The Balaban J connectivity index is 2.16. The van der Waals surface area contributed by atoms with Gasteiger partial charge in [0.2, 0.25) is 0 Å². The number of sulfone groups is 1. The molecule has 1 fully saturated rings. The van der Waals surface area contributed by atoms with E-state index < -0.39 is 9.84 Å². The highest BCUT2D eigenvalue weighted by Crippen LogP contribution is 2.23. The van der Waals surface area contributed by atoms with Gasteiger partial charge in [-0.3, -0.25) is 0 Å². The summed E-state index contributed by atoms with van der Waals surface area (Å²) in [6.45, 7) is 4.08. The summed E-state index contributed by atoms with van der Waals surface area (Å²) in [6, 6.07) is 6.56. The van der Waals surface area contributed by atoms with Gasteiger partial charge in [-0.15, -0.1) is 0 Å². The molecule has 1 aliphatic heterocycles. The maximum Gasteiger partial charge on any atom is 0.180 e. The molecule has 6 heteroatoms. The molecule has 0 bridgehead atoms. The molecule has 1 aromatic rings. The van der Waals surface area contributed by atoms with Gasteiger partial charge in [-0.1, -0.05) is 13.0 Å². The molecule has 0 amide bonds. The molecular formula is C15H23NO4S. The molecule has 2 atom stereocenters. The van der Waals surface area contributed by atoms with Crippen molar-refractivity contribution in [2.75, 3.05) is 32.6 Å². The zero-order valence-corrected chi connectivity index (χ0v) is 13.4. The van der Waals surface area contributed by atoms with Crippen LogP contribution >= 0.6 is 0 Å². The topological polar surface area (TPSA) is 64.6 Å². The number of methoxy groups -OCH3 is 1. The fourth-order valence-corrected chi connectivity index (χ4v) is 4.26. The Morgan fingerprint density at radius 3 is 2.90 bits per heavy atom. The summed E-state index contributed by atoms with van der Waals surface area (Å²) >= 11 is 0. The highest BCUT2D eigenvalue weighted by Gasteiger charge is 2.30. The fraction of sp³-hybridized carbons (Fsp3) is 0.600. The van der Waals surface area contributed by atoms with Crippen LogP contribution in [0.4, 0.5) is 0 Å². The Morgan fingerprint density at radius 2 is 2.29 bits per heavy atom. The zero-order chi connectivity index (χ0) is 15.3. The standard InChI is InChI=1S/C15H23NO4S/c1-3-16-15(12-7-8-20-10-12)11-21(17,18)14-6-4-5-13(9-14)19-2/h4-6,9,12,15-16H,3,7-8,10-11H2,1-2H3. The molecule has 1 saturated heterocycles. The van der Waals surface area contributed by atoms with Crippen molar-refractivity contribution in [3.8, 4) is 5.75 Å². The molecule has 21 heavy (non-hydrogen) atoms. The van der Waals surface area contributed by atoms with Gasteiger partial charge in [-0.25, -0.2) is 8.42 Å². The lowest BCUT2D eigenvalue weighted by Gasteiger charge is -2.23. The molecule has 5 nitrogen and oxygen atoms in total. The molecule has 1 N–H and O–H groups in total. The van der Waals surface area contributed by atoms with Gasteiger partial charge in [-0.05, 0) is 31.2 Å². The second kappa shape index (κ2) is 7.24. The molecule has 1 heterocycles. The third kappa shape index (κ3) is 4.18. The van der Waals surface area contributed by atoms with Crippen molar-refractivity contribution >= 4 is 9.84 Å². The molecule has 1 aliphatic rings. The number of ether oxygens (including phenoxy) is 2. The second-order valence-corrected chi connectivity index (χ2v) is 7.28. The van der Waals surface area contributed by atoms with Crippen LogP contribution in [-0.2, 0) is 14.6 Å². The summed E-state index contributed by atoms with van der Waals surface area (Å²) in [6.07, 6.45) is 0.908. The normalized spacial score (nSPS) is 20.4. The van der Waals surface area contributed by atoms with Crippen LogP contribution in [0.3, 0.4) is 0 Å². The quantitative estimate of drug-likeness (QED) is 0.826. The Bertz CT molecular complexity index is 553. The molecule has 1 aromatic carbocycles. The number of hydrogen-bond acceptors (Lipinski definition) is 5. The Morgan fingerprint density at radius 1 is 1.48 bits per heavy atom. The largest absolute Gasteiger partial charge is 0.497 e. The Labute approximate surface area is 126 Å². The minimum absolute atomic E-state index is 0.0753. The molecule has 0 aromatic heterocycles. The van der Waals surface area contributed by atoms with Crippen LogP contribution in [-0.4, -0.2) is 47.1 Å². The smallest absolute Gasteiger partial charge is 0.180 e. The van der Waals surface area contributed by atoms with E-state index in [0.717, 1.165) is 13.0 Å². The number of nitrogens with one attached hydrogen (secondary N) is 1. The van der Waals surface area contributed by atoms with Gasteiger partial charge in [0.15, 0.2) is 9.84 Å². The molecule has 118 valence electrons. The monoisotopic (exact) mass is 313 g/mol. The molecular weight excluding hydrogens is 290 g/mol. The Hall–Kier alpha value is -1.11. The summed E-state index contributed by atoms with van der Waals surface area (Å²) in [7, 11) is -1.82. The number of rotatable bonds is 7. The first-order chi connectivity index (χ1) is 10.1. The number of benzene rings is 1. The number of hydrogen-bond donors (Lipinski definition) is 1. The van der Waals surface area contributed by atoms with E-state index in [2.05, 4.69) is 5.32 Å². The minimum Gasteiger partial charge on any atom is -0.497 e. The van der Waals surface area contributed by atoms with Crippen molar-refractivity contribution < 1.29 is 17.9 Å². The highest BCUT2D eigenvalue weighted by molar-refractivity contribution is 7.91. The van der Waals surface area contributed by atoms with E-state index >= 15 is 0 Å². The SMILES string of the molecule is CCNC(CS(=O)(=O)c1cccc(OC)c1)C1CCOC1. The third-order valence-corrected chi connectivity index (χ3v) is 5.57. The first-order valence-electron chi connectivity index (χ1n) is 7.24. The summed E-state index contributed by atoms with van der Waals surface area (Å²) in [5, 5.41) is 3.29. The lowest BCUT2D eigenvalue weighted by atomic mass is 10.0. The summed E-state index contributed by atoms with van der Waals surface area (Å²) in [5.41, 5.74) is 0.